The van der Waals surface area contributed by atoms with E-state index in [-0.39, 0.29) is 0 Å². The van der Waals surface area contributed by atoms with E-state index in [1.807, 2.05) is 12.1 Å². The quantitative estimate of drug-likeness (QED) is 0.573. The van der Waals surface area contributed by atoms with E-state index in [0.717, 1.165) is 5.69 Å². The summed E-state index contributed by atoms with van der Waals surface area (Å²) in [7, 11) is 0. The Bertz CT molecular complexity index is 614. The lowest BCUT2D eigenvalue weighted by molar-refractivity contribution is 0.867. The van der Waals surface area contributed by atoms with Crippen LogP contribution in [0, 0.1) is 0 Å². The number of anilines is 3. The Balaban J connectivity index is 2.32. The van der Waals surface area contributed by atoms with Gasteiger partial charge in [-0.15, -0.1) is 0 Å². The lowest BCUT2D eigenvalue weighted by atomic mass is 10.0. The molecule has 4 N–H and O–H groups in total. The van der Waals surface area contributed by atoms with Gasteiger partial charge in [0.2, 0.25) is 0 Å². The number of hydrogen-bond donors (Lipinski definition) is 3. The summed E-state index contributed by atoms with van der Waals surface area (Å²) in [5, 5.41) is 3.98. The summed E-state index contributed by atoms with van der Waals surface area (Å²) < 4.78 is 0. The second kappa shape index (κ2) is 6.31. The normalized spacial score (nSPS) is 10.7. The van der Waals surface area contributed by atoms with Crippen LogP contribution in [0.5, 0.6) is 0 Å². The summed E-state index contributed by atoms with van der Waals surface area (Å²) in [6.45, 7) is 4.28. The number of rotatable bonds is 4. The molecule has 106 valence electrons. The van der Waals surface area contributed by atoms with E-state index in [1.165, 1.54) is 5.56 Å². The van der Waals surface area contributed by atoms with E-state index in [2.05, 4.69) is 41.7 Å². The molecule has 4 nitrogen and oxygen atoms in total. The molecule has 0 radical (unpaired) electrons. The van der Waals surface area contributed by atoms with Crippen molar-refractivity contribution >= 4 is 40.5 Å². The summed E-state index contributed by atoms with van der Waals surface area (Å²) in [4.78, 5) is 4.25. The van der Waals surface area contributed by atoms with E-state index < -0.39 is 0 Å². The van der Waals surface area contributed by atoms with Crippen molar-refractivity contribution in [1.29, 1.82) is 0 Å². The number of nitrogens with one attached hydrogen (secondary N) is 2. The minimum absolute atomic E-state index is 0.374. The van der Waals surface area contributed by atoms with E-state index in [1.54, 1.807) is 6.07 Å². The van der Waals surface area contributed by atoms with Crippen LogP contribution in [0.3, 0.4) is 0 Å². The van der Waals surface area contributed by atoms with Crippen molar-refractivity contribution in [2.45, 2.75) is 19.8 Å². The molecule has 1 aromatic carbocycles. The van der Waals surface area contributed by atoms with E-state index in [4.69, 9.17) is 29.0 Å². The van der Waals surface area contributed by atoms with Gasteiger partial charge in [-0.25, -0.2) is 10.8 Å². The van der Waals surface area contributed by atoms with Crippen LogP contribution < -0.4 is 16.6 Å². The van der Waals surface area contributed by atoms with Crippen LogP contribution in [0.15, 0.2) is 30.3 Å². The topological polar surface area (TPSA) is 63.0 Å². The summed E-state index contributed by atoms with van der Waals surface area (Å²) >= 11 is 12.1. The lowest BCUT2D eigenvalue weighted by Crippen LogP contribution is -2.10. The van der Waals surface area contributed by atoms with Gasteiger partial charge in [-0.2, -0.15) is 0 Å². The fraction of sp³-hybridized carbons (Fsp3) is 0.214. The SMILES string of the molecule is CC(C)c1cccc(Nc2nc(NN)c(Cl)cc2Cl)c1. The molecule has 0 aliphatic heterocycles. The molecular formula is C14H16Cl2N4. The third kappa shape index (κ3) is 3.33. The van der Waals surface area contributed by atoms with Crippen molar-refractivity contribution in [3.63, 3.8) is 0 Å². The Labute approximate surface area is 128 Å². The summed E-state index contributed by atoms with van der Waals surface area (Å²) in [5.41, 5.74) is 4.58. The first-order valence-corrected chi connectivity index (χ1v) is 6.96. The zero-order valence-corrected chi connectivity index (χ0v) is 12.8. The van der Waals surface area contributed by atoms with Gasteiger partial charge in [-0.3, -0.25) is 0 Å². The first kappa shape index (κ1) is 14.9. The van der Waals surface area contributed by atoms with Crippen LogP contribution >= 0.6 is 23.2 Å². The number of pyridine rings is 1. The van der Waals surface area contributed by atoms with Gasteiger partial charge in [0.05, 0.1) is 10.0 Å². The van der Waals surface area contributed by atoms with Crippen LogP contribution in [0.25, 0.3) is 0 Å². The molecule has 0 spiro atoms. The third-order valence-corrected chi connectivity index (χ3v) is 3.46. The zero-order chi connectivity index (χ0) is 14.7. The molecule has 0 bridgehead atoms. The monoisotopic (exact) mass is 310 g/mol. The molecule has 1 heterocycles. The standard InChI is InChI=1S/C14H16Cl2N4/c1-8(2)9-4-3-5-10(6-9)18-13-11(15)7-12(16)14(19-13)20-17/h3-8H,17H2,1-2H3,(H2,18,19,20). The summed E-state index contributed by atoms with van der Waals surface area (Å²) in [5.74, 6) is 6.69. The second-order valence-electron chi connectivity index (χ2n) is 4.70. The second-order valence-corrected chi connectivity index (χ2v) is 5.51. The van der Waals surface area contributed by atoms with Crippen molar-refractivity contribution in [3.05, 3.63) is 45.9 Å². The van der Waals surface area contributed by atoms with Gasteiger partial charge in [0.25, 0.3) is 0 Å². The van der Waals surface area contributed by atoms with Gasteiger partial charge >= 0.3 is 0 Å². The smallest absolute Gasteiger partial charge is 0.161 e. The van der Waals surface area contributed by atoms with Crippen LogP contribution in [-0.2, 0) is 0 Å². The summed E-state index contributed by atoms with van der Waals surface area (Å²) in [6, 6.07) is 9.68. The van der Waals surface area contributed by atoms with Crippen LogP contribution in [0.1, 0.15) is 25.3 Å². The molecule has 0 fully saturated rings. The Morgan fingerprint density at radius 2 is 1.80 bits per heavy atom. The minimum Gasteiger partial charge on any atom is -0.339 e. The van der Waals surface area contributed by atoms with Gasteiger partial charge in [-0.1, -0.05) is 49.2 Å². The molecule has 20 heavy (non-hydrogen) atoms. The van der Waals surface area contributed by atoms with Gasteiger partial charge in [0, 0.05) is 5.69 Å². The van der Waals surface area contributed by atoms with Crippen LogP contribution in [0.2, 0.25) is 10.0 Å². The highest BCUT2D eigenvalue weighted by Gasteiger charge is 2.09. The van der Waals surface area contributed by atoms with Gasteiger partial charge in [0.15, 0.2) is 11.6 Å². The van der Waals surface area contributed by atoms with Gasteiger partial charge in [-0.05, 0) is 29.7 Å². The highest BCUT2D eigenvalue weighted by atomic mass is 35.5. The first-order chi connectivity index (χ1) is 9.51. The molecule has 0 unspecified atom stereocenters. The fourth-order valence-corrected chi connectivity index (χ4v) is 2.23. The highest BCUT2D eigenvalue weighted by Crippen LogP contribution is 2.31. The maximum Gasteiger partial charge on any atom is 0.161 e. The molecule has 0 aliphatic carbocycles. The number of nitrogen functional groups attached to an aromatic ring is 1. The van der Waals surface area contributed by atoms with Crippen molar-refractivity contribution in [2.75, 3.05) is 10.7 Å². The number of hydrogen-bond acceptors (Lipinski definition) is 4. The molecule has 0 saturated heterocycles. The van der Waals surface area contributed by atoms with Crippen LogP contribution in [-0.4, -0.2) is 4.98 Å². The van der Waals surface area contributed by atoms with Crippen molar-refractivity contribution < 1.29 is 0 Å². The largest absolute Gasteiger partial charge is 0.339 e. The average molecular weight is 311 g/mol. The number of nitrogens with zero attached hydrogens (tertiary/aromatic N) is 1. The Morgan fingerprint density at radius 3 is 2.45 bits per heavy atom. The van der Waals surface area contributed by atoms with Crippen molar-refractivity contribution in [2.24, 2.45) is 5.84 Å². The average Bonchev–Trinajstić information content (AvgIpc) is 2.42. The molecule has 0 saturated carbocycles. The molecule has 1 aromatic heterocycles. The molecule has 0 amide bonds. The number of benzene rings is 1. The molecule has 2 rings (SSSR count). The minimum atomic E-state index is 0.374. The predicted molar refractivity (Wildman–Crippen MR) is 85.9 cm³/mol. The van der Waals surface area contributed by atoms with Crippen molar-refractivity contribution in [1.82, 2.24) is 4.98 Å². The Morgan fingerprint density at radius 1 is 1.10 bits per heavy atom. The summed E-state index contributed by atoms with van der Waals surface area (Å²) in [6.07, 6.45) is 0. The Kier molecular flexibility index (Phi) is 4.70. The van der Waals surface area contributed by atoms with E-state index in [0.29, 0.717) is 27.6 Å². The number of halogens is 2. The maximum absolute atomic E-state index is 6.13. The molecule has 2 aromatic rings. The highest BCUT2D eigenvalue weighted by molar-refractivity contribution is 6.37. The lowest BCUT2D eigenvalue weighted by Gasteiger charge is -2.12. The van der Waals surface area contributed by atoms with E-state index >= 15 is 0 Å². The molecule has 0 atom stereocenters. The van der Waals surface area contributed by atoms with Gasteiger partial charge < -0.3 is 10.7 Å². The third-order valence-electron chi connectivity index (χ3n) is 2.88. The van der Waals surface area contributed by atoms with E-state index in [9.17, 15) is 0 Å². The number of hydrazine groups is 1. The molecule has 0 aliphatic rings. The number of aromatic nitrogens is 1. The first-order valence-electron chi connectivity index (χ1n) is 6.21. The van der Waals surface area contributed by atoms with Crippen LogP contribution in [0.4, 0.5) is 17.3 Å². The Hall–Kier alpha value is -1.49. The molecule has 6 heteroatoms. The van der Waals surface area contributed by atoms with Gasteiger partial charge in [0.1, 0.15) is 0 Å². The zero-order valence-electron chi connectivity index (χ0n) is 11.2. The number of nitrogens with two attached hydrogens (primary N) is 1. The fourth-order valence-electron chi connectivity index (χ4n) is 1.77. The molecular weight excluding hydrogens is 295 g/mol. The maximum atomic E-state index is 6.13. The predicted octanol–water partition coefficient (Wildman–Crippen LogP) is 4.54. The van der Waals surface area contributed by atoms with Crippen molar-refractivity contribution in [3.8, 4) is 0 Å².